The number of nitrogens with zero attached hydrogens (tertiary/aromatic N) is 2. The van der Waals surface area contributed by atoms with E-state index in [4.69, 9.17) is 9.47 Å². The molecule has 0 spiro atoms. The number of hydrogen-bond acceptors (Lipinski definition) is 11. The molecule has 0 aromatic heterocycles. The zero-order chi connectivity index (χ0) is 60.2. The lowest BCUT2D eigenvalue weighted by atomic mass is 10.0. The van der Waals surface area contributed by atoms with E-state index >= 15 is 0 Å². The molecule has 1 aromatic carbocycles. The lowest BCUT2D eigenvalue weighted by Gasteiger charge is -2.24. The van der Waals surface area contributed by atoms with Crippen LogP contribution in [-0.2, 0) is 59.2 Å². The highest BCUT2D eigenvalue weighted by atomic mass is 16.5. The average molecular weight is 1170 g/mol. The molecular formula is C64H110N8O11. The highest BCUT2D eigenvalue weighted by Gasteiger charge is 2.34. The molecule has 1 heterocycles. The van der Waals surface area contributed by atoms with Crippen molar-refractivity contribution in [3.8, 4) is 0 Å². The molecule has 1 atom stereocenters. The maximum absolute atomic E-state index is 13.4. The number of unbranched alkanes of at least 4 members (excludes halogenated alkanes) is 30. The summed E-state index contributed by atoms with van der Waals surface area (Å²) in [6.07, 6.45) is 41.9. The lowest BCUT2D eigenvalue weighted by molar-refractivity contribution is -0.145. The number of hydrogen-bond donors (Lipinski definition) is 6. The van der Waals surface area contributed by atoms with Crippen molar-refractivity contribution in [2.24, 2.45) is 0 Å². The number of esters is 1. The topological polar surface area (TPSA) is 251 Å². The summed E-state index contributed by atoms with van der Waals surface area (Å²) in [5.41, 5.74) is 0.790. The van der Waals surface area contributed by atoms with Gasteiger partial charge in [0.2, 0.25) is 47.3 Å². The van der Waals surface area contributed by atoms with Gasteiger partial charge in [-0.3, -0.25) is 43.2 Å². The Morgan fingerprint density at radius 1 is 0.446 bits per heavy atom. The molecule has 2 rings (SSSR count). The molecule has 1 fully saturated rings. The largest absolute Gasteiger partial charge is 0.460 e. The van der Waals surface area contributed by atoms with Gasteiger partial charge in [0.25, 0.3) is 0 Å². The fourth-order valence-corrected chi connectivity index (χ4v) is 10.1. The highest BCUT2D eigenvalue weighted by Crippen LogP contribution is 2.19. The van der Waals surface area contributed by atoms with E-state index in [1.54, 1.807) is 24.3 Å². The Bertz CT molecular complexity index is 1910. The predicted molar refractivity (Wildman–Crippen MR) is 326 cm³/mol. The quantitative estimate of drug-likeness (QED) is 0.0266. The van der Waals surface area contributed by atoms with Gasteiger partial charge in [-0.2, -0.15) is 0 Å². The summed E-state index contributed by atoms with van der Waals surface area (Å²) in [6.45, 7) is 2.85. The molecule has 1 saturated heterocycles. The fraction of sp³-hybridized carbons (Fsp3) is 0.766. The molecule has 1 aromatic rings. The summed E-state index contributed by atoms with van der Waals surface area (Å²) in [6, 6.07) is 8.14. The van der Waals surface area contributed by atoms with Gasteiger partial charge in [0, 0.05) is 19.6 Å². The molecule has 472 valence electrons. The number of carbonyl (C=O) groups is 9. The number of nitrogens with one attached hydrogen (secondary N) is 6. The van der Waals surface area contributed by atoms with Gasteiger partial charge in [0.1, 0.15) is 32.4 Å². The summed E-state index contributed by atoms with van der Waals surface area (Å²) in [5.74, 6) is -5.15. The molecule has 0 unspecified atom stereocenters. The number of likely N-dealkylation sites (tertiary alicyclic amines) is 1. The Hall–Kier alpha value is -5.59. The van der Waals surface area contributed by atoms with Gasteiger partial charge in [-0.1, -0.05) is 237 Å². The van der Waals surface area contributed by atoms with E-state index in [1.807, 2.05) is 11.0 Å². The van der Waals surface area contributed by atoms with Crippen LogP contribution in [0.1, 0.15) is 238 Å². The summed E-state index contributed by atoms with van der Waals surface area (Å²) in [4.78, 5) is 116. The third-order valence-corrected chi connectivity index (χ3v) is 15.1. The Balaban J connectivity index is 1.63. The van der Waals surface area contributed by atoms with E-state index in [-0.39, 0.29) is 32.2 Å². The first-order valence-electron chi connectivity index (χ1n) is 32.4. The molecule has 0 bridgehead atoms. The van der Waals surface area contributed by atoms with Crippen molar-refractivity contribution >= 4 is 53.2 Å². The van der Waals surface area contributed by atoms with E-state index in [1.165, 1.54) is 172 Å². The van der Waals surface area contributed by atoms with Crippen molar-refractivity contribution in [1.29, 1.82) is 0 Å². The van der Waals surface area contributed by atoms with E-state index in [0.717, 1.165) is 44.1 Å². The Kier molecular flexibility index (Phi) is 45.1. The van der Waals surface area contributed by atoms with E-state index in [9.17, 15) is 43.2 Å². The Morgan fingerprint density at radius 2 is 0.819 bits per heavy atom. The number of ether oxygens (including phenoxy) is 2. The van der Waals surface area contributed by atoms with E-state index in [0.29, 0.717) is 25.9 Å². The molecule has 6 N–H and O–H groups in total. The SMILES string of the molecule is CCCCCCCCCCCCCCCCCCN(CCCCCCCCCCCCCCCCCC)C(=O)COCC(=O)NCC(=O)NCC(=O)NCC(=O)N1CCC[C@H]1C(=O)NCC(=O)NCC(=O)NCC(=O)OCc1ccccc1. The van der Waals surface area contributed by atoms with Crippen LogP contribution < -0.4 is 31.9 Å². The third kappa shape index (κ3) is 41.1. The highest BCUT2D eigenvalue weighted by molar-refractivity contribution is 5.94. The van der Waals surface area contributed by atoms with Crippen molar-refractivity contribution in [1.82, 2.24) is 41.7 Å². The fourth-order valence-electron chi connectivity index (χ4n) is 10.1. The molecule has 1 aliphatic heterocycles. The Morgan fingerprint density at radius 3 is 1.25 bits per heavy atom. The number of rotatable bonds is 53. The molecule has 19 heteroatoms. The van der Waals surface area contributed by atoms with Crippen molar-refractivity contribution in [2.75, 3.05) is 72.1 Å². The van der Waals surface area contributed by atoms with Crippen molar-refractivity contribution in [3.63, 3.8) is 0 Å². The van der Waals surface area contributed by atoms with Crippen LogP contribution in [0.15, 0.2) is 30.3 Å². The van der Waals surface area contributed by atoms with Crippen LogP contribution in [0.5, 0.6) is 0 Å². The minimum atomic E-state index is -0.885. The monoisotopic (exact) mass is 1170 g/mol. The van der Waals surface area contributed by atoms with Crippen LogP contribution in [0.25, 0.3) is 0 Å². The van der Waals surface area contributed by atoms with E-state index in [2.05, 4.69) is 45.7 Å². The maximum atomic E-state index is 13.4. The second kappa shape index (κ2) is 50.9. The second-order valence-electron chi connectivity index (χ2n) is 22.5. The standard InChI is InChI=1S/C64H110N8O11/c1-3-5-7-9-11-13-15-17-19-21-23-25-27-29-31-36-42-71(43-37-32-30-28-26-24-22-20-18-16-14-12-10-8-6-4-2)62(79)53-82-52-60(77)67-47-56(73)65-45-57(74)68-49-61(78)72-44-38-41-55(72)64(81)70-48-59(76)66-46-58(75)69-50-63(80)83-51-54-39-34-33-35-40-54/h33-35,39-40,55H,3-32,36-38,41-53H2,1-2H3,(H,65,73)(H,66,76)(H,67,77)(H,68,74)(H,69,75)(H,70,81)/t55-/m0/s1. The smallest absolute Gasteiger partial charge is 0.325 e. The zero-order valence-corrected chi connectivity index (χ0v) is 51.4. The average Bonchev–Trinajstić information content (AvgIpc) is 4.10. The van der Waals surface area contributed by atoms with Crippen molar-refractivity contribution in [2.45, 2.75) is 245 Å². The normalized spacial score (nSPS) is 12.8. The molecule has 0 radical (unpaired) electrons. The van der Waals surface area contributed by atoms with Crippen molar-refractivity contribution < 1.29 is 52.6 Å². The first-order chi connectivity index (χ1) is 40.4. The third-order valence-electron chi connectivity index (χ3n) is 15.1. The minimum Gasteiger partial charge on any atom is -0.460 e. The lowest BCUT2D eigenvalue weighted by Crippen LogP contribution is -2.51. The number of benzene rings is 1. The first-order valence-corrected chi connectivity index (χ1v) is 32.4. The van der Waals surface area contributed by atoms with E-state index < -0.39 is 92.7 Å². The van der Waals surface area contributed by atoms with Crippen LogP contribution in [0.2, 0.25) is 0 Å². The molecule has 0 saturated carbocycles. The van der Waals surface area contributed by atoms with Crippen LogP contribution in [0.3, 0.4) is 0 Å². The summed E-state index contributed by atoms with van der Waals surface area (Å²) >= 11 is 0. The van der Waals surface area contributed by atoms with Gasteiger partial charge in [-0.25, -0.2) is 0 Å². The first kappa shape index (κ1) is 73.5. The van der Waals surface area contributed by atoms with Crippen molar-refractivity contribution in [3.05, 3.63) is 35.9 Å². The molecule has 0 aliphatic carbocycles. The maximum Gasteiger partial charge on any atom is 0.325 e. The predicted octanol–water partition coefficient (Wildman–Crippen LogP) is 8.79. The van der Waals surface area contributed by atoms with Crippen LogP contribution in [-0.4, -0.2) is 141 Å². The van der Waals surface area contributed by atoms with Crippen LogP contribution >= 0.6 is 0 Å². The molecular weight excluding hydrogens is 1060 g/mol. The molecule has 8 amide bonds. The van der Waals surface area contributed by atoms with Gasteiger partial charge >= 0.3 is 5.97 Å². The van der Waals surface area contributed by atoms with Crippen LogP contribution in [0.4, 0.5) is 0 Å². The van der Waals surface area contributed by atoms with Crippen LogP contribution in [0, 0.1) is 0 Å². The van der Waals surface area contributed by atoms with Gasteiger partial charge in [0.05, 0.1) is 32.7 Å². The molecule has 1 aliphatic rings. The van der Waals surface area contributed by atoms with Gasteiger partial charge < -0.3 is 51.2 Å². The zero-order valence-electron chi connectivity index (χ0n) is 51.4. The second-order valence-corrected chi connectivity index (χ2v) is 22.5. The number of carbonyl (C=O) groups excluding carboxylic acids is 9. The summed E-state index contributed by atoms with van der Waals surface area (Å²) < 4.78 is 10.6. The molecule has 19 nitrogen and oxygen atoms in total. The summed E-state index contributed by atoms with van der Waals surface area (Å²) in [5, 5.41) is 14.4. The number of amides is 8. The van der Waals surface area contributed by atoms with Gasteiger partial charge in [-0.15, -0.1) is 0 Å². The van der Waals surface area contributed by atoms with Gasteiger partial charge in [0.15, 0.2) is 0 Å². The minimum absolute atomic E-state index is 0.0520. The summed E-state index contributed by atoms with van der Waals surface area (Å²) in [7, 11) is 0. The molecule has 83 heavy (non-hydrogen) atoms. The Labute approximate surface area is 498 Å². The van der Waals surface area contributed by atoms with Gasteiger partial charge in [-0.05, 0) is 31.2 Å².